The second-order valence-corrected chi connectivity index (χ2v) is 6.11. The van der Waals surface area contributed by atoms with Crippen molar-refractivity contribution < 1.29 is 9.59 Å². The molecule has 3 amide bonds. The predicted octanol–water partition coefficient (Wildman–Crippen LogP) is 3.37. The molecule has 118 valence electrons. The van der Waals surface area contributed by atoms with Gasteiger partial charge in [-0.2, -0.15) is 0 Å². The molecule has 0 saturated carbocycles. The Balaban J connectivity index is 1.68. The number of carbonyl (C=O) groups is 2. The van der Waals surface area contributed by atoms with Crippen molar-refractivity contribution in [1.29, 1.82) is 0 Å². The summed E-state index contributed by atoms with van der Waals surface area (Å²) in [6.45, 7) is 1.68. The molecule has 3 rings (SSSR count). The van der Waals surface area contributed by atoms with Gasteiger partial charge in [0, 0.05) is 30.9 Å². The fourth-order valence-corrected chi connectivity index (χ4v) is 3.13. The van der Waals surface area contributed by atoms with Crippen LogP contribution in [0.2, 0.25) is 0 Å². The number of nitrogens with one attached hydrogen (secondary N) is 2. The first kappa shape index (κ1) is 14.9. The molecular weight excluding hydrogens is 278 g/mol. The van der Waals surface area contributed by atoms with E-state index in [9.17, 15) is 9.59 Å². The highest BCUT2D eigenvalue weighted by Gasteiger charge is 2.17. The standard InChI is InChI=1S/C17H23N3O2/c21-16-7-5-6-13-12-14(8-9-15(13)19-16)18-17(22)20-10-3-1-2-4-11-20/h8-9,12H,1-7,10-11H2,(H,18,22)(H,19,21). The number of nitrogens with zero attached hydrogens (tertiary/aromatic N) is 1. The van der Waals surface area contributed by atoms with E-state index in [-0.39, 0.29) is 11.9 Å². The van der Waals surface area contributed by atoms with Gasteiger partial charge in [0.2, 0.25) is 5.91 Å². The molecule has 1 aromatic rings. The molecule has 2 heterocycles. The van der Waals surface area contributed by atoms with E-state index in [2.05, 4.69) is 10.6 Å². The Labute approximate surface area is 131 Å². The van der Waals surface area contributed by atoms with Crippen LogP contribution >= 0.6 is 0 Å². The highest BCUT2D eigenvalue weighted by Crippen LogP contribution is 2.25. The van der Waals surface area contributed by atoms with E-state index in [4.69, 9.17) is 0 Å². The lowest BCUT2D eigenvalue weighted by Gasteiger charge is -2.21. The van der Waals surface area contributed by atoms with E-state index in [1.807, 2.05) is 23.1 Å². The number of carbonyl (C=O) groups excluding carboxylic acids is 2. The third-order valence-electron chi connectivity index (χ3n) is 4.37. The van der Waals surface area contributed by atoms with Crippen LogP contribution < -0.4 is 10.6 Å². The molecule has 2 aliphatic heterocycles. The highest BCUT2D eigenvalue weighted by molar-refractivity contribution is 5.94. The van der Waals surface area contributed by atoms with Crippen molar-refractivity contribution in [3.8, 4) is 0 Å². The Hall–Kier alpha value is -2.04. The Morgan fingerprint density at radius 3 is 2.59 bits per heavy atom. The van der Waals surface area contributed by atoms with Crippen LogP contribution in [-0.4, -0.2) is 29.9 Å². The highest BCUT2D eigenvalue weighted by atomic mass is 16.2. The van der Waals surface area contributed by atoms with Crippen molar-refractivity contribution in [3.63, 3.8) is 0 Å². The number of anilines is 2. The summed E-state index contributed by atoms with van der Waals surface area (Å²) < 4.78 is 0. The van der Waals surface area contributed by atoms with E-state index in [1.54, 1.807) is 0 Å². The summed E-state index contributed by atoms with van der Waals surface area (Å²) >= 11 is 0. The van der Waals surface area contributed by atoms with Crippen LogP contribution in [0, 0.1) is 0 Å². The van der Waals surface area contributed by atoms with Crippen molar-refractivity contribution in [2.45, 2.75) is 44.9 Å². The van der Waals surface area contributed by atoms with Crippen LogP contribution in [0.5, 0.6) is 0 Å². The molecule has 5 heteroatoms. The lowest BCUT2D eigenvalue weighted by Crippen LogP contribution is -2.35. The van der Waals surface area contributed by atoms with Crippen LogP contribution in [0.1, 0.15) is 44.1 Å². The van der Waals surface area contributed by atoms with E-state index in [0.29, 0.717) is 6.42 Å². The molecule has 22 heavy (non-hydrogen) atoms. The van der Waals surface area contributed by atoms with Gasteiger partial charge in [-0.15, -0.1) is 0 Å². The Kier molecular flexibility index (Phi) is 4.61. The number of amides is 3. The average molecular weight is 301 g/mol. The van der Waals surface area contributed by atoms with Crippen LogP contribution in [0.15, 0.2) is 18.2 Å². The number of urea groups is 1. The first-order valence-corrected chi connectivity index (χ1v) is 8.21. The van der Waals surface area contributed by atoms with Crippen molar-refractivity contribution in [3.05, 3.63) is 23.8 Å². The third-order valence-corrected chi connectivity index (χ3v) is 4.37. The van der Waals surface area contributed by atoms with E-state index >= 15 is 0 Å². The van der Waals surface area contributed by atoms with Gasteiger partial charge in [-0.3, -0.25) is 4.79 Å². The molecule has 0 unspecified atom stereocenters. The normalized spacial score (nSPS) is 18.7. The summed E-state index contributed by atoms with van der Waals surface area (Å²) in [6.07, 6.45) is 6.87. The summed E-state index contributed by atoms with van der Waals surface area (Å²) in [5.41, 5.74) is 2.78. The van der Waals surface area contributed by atoms with Crippen LogP contribution in [0.25, 0.3) is 0 Å². The molecule has 0 atom stereocenters. The lowest BCUT2D eigenvalue weighted by molar-refractivity contribution is -0.116. The molecule has 1 saturated heterocycles. The zero-order valence-electron chi connectivity index (χ0n) is 12.9. The Bertz CT molecular complexity index is 563. The largest absolute Gasteiger partial charge is 0.326 e. The number of rotatable bonds is 1. The van der Waals surface area contributed by atoms with Gasteiger partial charge >= 0.3 is 6.03 Å². The first-order valence-electron chi connectivity index (χ1n) is 8.21. The van der Waals surface area contributed by atoms with E-state index < -0.39 is 0 Å². The maximum absolute atomic E-state index is 12.4. The molecule has 2 N–H and O–H groups in total. The molecule has 0 spiro atoms. The van der Waals surface area contributed by atoms with Crippen LogP contribution in [0.4, 0.5) is 16.2 Å². The van der Waals surface area contributed by atoms with Crippen LogP contribution in [-0.2, 0) is 11.2 Å². The molecule has 0 aliphatic carbocycles. The number of hydrogen-bond donors (Lipinski definition) is 2. The van der Waals surface area contributed by atoms with E-state index in [1.165, 1.54) is 12.8 Å². The average Bonchev–Trinajstić information content (AvgIpc) is 2.87. The molecular formula is C17H23N3O2. The van der Waals surface area contributed by atoms with Gasteiger partial charge in [-0.1, -0.05) is 12.8 Å². The van der Waals surface area contributed by atoms with Gasteiger partial charge in [0.25, 0.3) is 0 Å². The lowest BCUT2D eigenvalue weighted by atomic mass is 10.1. The minimum absolute atomic E-state index is 0.0143. The van der Waals surface area contributed by atoms with Gasteiger partial charge in [0.15, 0.2) is 0 Å². The van der Waals surface area contributed by atoms with Gasteiger partial charge in [0.1, 0.15) is 0 Å². The number of aryl methyl sites for hydroxylation is 1. The third kappa shape index (κ3) is 3.59. The second-order valence-electron chi connectivity index (χ2n) is 6.11. The molecule has 1 fully saturated rings. The Morgan fingerprint density at radius 2 is 1.82 bits per heavy atom. The SMILES string of the molecule is O=C1CCCc2cc(NC(=O)N3CCCCCC3)ccc2N1. The topological polar surface area (TPSA) is 61.4 Å². The quantitative estimate of drug-likeness (QED) is 0.835. The molecule has 0 aromatic heterocycles. The Morgan fingerprint density at radius 1 is 1.05 bits per heavy atom. The summed E-state index contributed by atoms with van der Waals surface area (Å²) in [6, 6.07) is 5.72. The van der Waals surface area contributed by atoms with E-state index in [0.717, 1.165) is 55.7 Å². The molecule has 0 bridgehead atoms. The number of likely N-dealkylation sites (tertiary alicyclic amines) is 1. The fourth-order valence-electron chi connectivity index (χ4n) is 3.13. The molecule has 0 radical (unpaired) electrons. The van der Waals surface area contributed by atoms with Gasteiger partial charge < -0.3 is 15.5 Å². The van der Waals surface area contributed by atoms with Gasteiger partial charge in [0.05, 0.1) is 0 Å². The minimum Gasteiger partial charge on any atom is -0.326 e. The summed E-state index contributed by atoms with van der Waals surface area (Å²) in [5, 5.41) is 5.91. The van der Waals surface area contributed by atoms with Crippen molar-refractivity contribution in [2.75, 3.05) is 23.7 Å². The second kappa shape index (κ2) is 6.81. The number of hydrogen-bond acceptors (Lipinski definition) is 2. The van der Waals surface area contributed by atoms with Crippen molar-refractivity contribution in [2.24, 2.45) is 0 Å². The van der Waals surface area contributed by atoms with Gasteiger partial charge in [-0.25, -0.2) is 4.79 Å². The monoisotopic (exact) mass is 301 g/mol. The molecule has 1 aromatic carbocycles. The molecule has 5 nitrogen and oxygen atoms in total. The summed E-state index contributed by atoms with van der Waals surface area (Å²) in [7, 11) is 0. The predicted molar refractivity (Wildman–Crippen MR) is 87.1 cm³/mol. The maximum atomic E-state index is 12.4. The zero-order chi connectivity index (χ0) is 15.4. The first-order chi connectivity index (χ1) is 10.7. The van der Waals surface area contributed by atoms with Crippen molar-refractivity contribution in [1.82, 2.24) is 4.90 Å². The number of fused-ring (bicyclic) bond motifs is 1. The summed E-state index contributed by atoms with van der Waals surface area (Å²) in [4.78, 5) is 25.8. The van der Waals surface area contributed by atoms with Crippen molar-refractivity contribution >= 4 is 23.3 Å². The van der Waals surface area contributed by atoms with Crippen LogP contribution in [0.3, 0.4) is 0 Å². The van der Waals surface area contributed by atoms with Gasteiger partial charge in [-0.05, 0) is 49.4 Å². The summed E-state index contributed by atoms with van der Waals surface area (Å²) in [5.74, 6) is 0.0695. The zero-order valence-corrected chi connectivity index (χ0v) is 12.9. The fraction of sp³-hybridized carbons (Fsp3) is 0.529. The molecule has 2 aliphatic rings. The maximum Gasteiger partial charge on any atom is 0.321 e. The smallest absolute Gasteiger partial charge is 0.321 e. The number of benzene rings is 1. The minimum atomic E-state index is -0.0143.